The van der Waals surface area contributed by atoms with E-state index in [2.05, 4.69) is 29.5 Å². The van der Waals surface area contributed by atoms with E-state index in [4.69, 9.17) is 10.6 Å². The maximum absolute atomic E-state index is 5.84. The predicted molar refractivity (Wildman–Crippen MR) is 79.4 cm³/mol. The van der Waals surface area contributed by atoms with Crippen molar-refractivity contribution in [3.63, 3.8) is 0 Å². The molecule has 0 saturated heterocycles. The van der Waals surface area contributed by atoms with Gasteiger partial charge < -0.3 is 9.64 Å². The topological polar surface area (TPSA) is 68.3 Å². The Kier molecular flexibility index (Phi) is 5.39. The Morgan fingerprint density at radius 3 is 2.75 bits per heavy atom. The first-order valence-corrected chi connectivity index (χ1v) is 7.38. The molecule has 0 amide bonds. The van der Waals surface area contributed by atoms with E-state index in [-0.39, 0.29) is 6.04 Å². The van der Waals surface area contributed by atoms with Gasteiger partial charge in [-0.05, 0) is 32.9 Å². The second-order valence-corrected chi connectivity index (χ2v) is 5.81. The van der Waals surface area contributed by atoms with Gasteiger partial charge in [-0.15, -0.1) is 0 Å². The molecule has 1 fully saturated rings. The zero-order chi connectivity index (χ0) is 14.5. The highest BCUT2D eigenvalue weighted by Crippen LogP contribution is 2.38. The van der Waals surface area contributed by atoms with Crippen LogP contribution >= 0.6 is 0 Å². The zero-order valence-corrected chi connectivity index (χ0v) is 12.8. The Hall–Kier alpha value is -1.11. The van der Waals surface area contributed by atoms with E-state index in [1.807, 2.05) is 4.68 Å². The minimum Gasteiger partial charge on any atom is -0.493 e. The first-order chi connectivity index (χ1) is 9.67. The molecule has 1 aliphatic carbocycles. The van der Waals surface area contributed by atoms with Gasteiger partial charge in [-0.25, -0.2) is 0 Å². The first kappa shape index (κ1) is 15.3. The number of hydrazine groups is 1. The molecule has 6 heteroatoms. The standard InChI is InChI=1S/C14H27N5O/c1-18(2)8-9-19-14(12(20-3)10-16-19)13(17-15)11-6-4-5-7-11/h10-11,13,17H,4-9,15H2,1-3H3. The smallest absolute Gasteiger partial charge is 0.161 e. The lowest BCUT2D eigenvalue weighted by Crippen LogP contribution is -2.35. The van der Waals surface area contributed by atoms with Crippen LogP contribution in [0.25, 0.3) is 0 Å². The van der Waals surface area contributed by atoms with Crippen molar-refractivity contribution in [3.05, 3.63) is 11.9 Å². The molecule has 3 N–H and O–H groups in total. The third-order valence-corrected chi connectivity index (χ3v) is 4.17. The number of ether oxygens (including phenoxy) is 1. The summed E-state index contributed by atoms with van der Waals surface area (Å²) in [5.41, 5.74) is 4.08. The van der Waals surface area contributed by atoms with Crippen LogP contribution in [0.2, 0.25) is 0 Å². The largest absolute Gasteiger partial charge is 0.493 e. The van der Waals surface area contributed by atoms with Gasteiger partial charge in [-0.1, -0.05) is 12.8 Å². The molecule has 0 aliphatic heterocycles. The van der Waals surface area contributed by atoms with Gasteiger partial charge in [-0.3, -0.25) is 16.0 Å². The fourth-order valence-electron chi connectivity index (χ4n) is 3.05. The SMILES string of the molecule is COc1cnn(CCN(C)C)c1C(NN)C1CCCC1. The third-order valence-electron chi connectivity index (χ3n) is 4.17. The molecule has 2 rings (SSSR count). The van der Waals surface area contributed by atoms with Crippen LogP contribution in [0.1, 0.15) is 37.4 Å². The van der Waals surface area contributed by atoms with Crippen LogP contribution in [0.5, 0.6) is 5.75 Å². The summed E-state index contributed by atoms with van der Waals surface area (Å²) in [6, 6.07) is 0.122. The van der Waals surface area contributed by atoms with E-state index in [0.29, 0.717) is 5.92 Å². The molecular formula is C14H27N5O. The molecule has 6 nitrogen and oxygen atoms in total. The van der Waals surface area contributed by atoms with Crippen LogP contribution < -0.4 is 16.0 Å². The molecule has 114 valence electrons. The monoisotopic (exact) mass is 281 g/mol. The van der Waals surface area contributed by atoms with E-state index >= 15 is 0 Å². The average Bonchev–Trinajstić information content (AvgIpc) is 3.07. The van der Waals surface area contributed by atoms with Crippen molar-refractivity contribution in [2.24, 2.45) is 11.8 Å². The molecule has 0 radical (unpaired) electrons. The number of nitrogens with two attached hydrogens (primary N) is 1. The molecule has 0 bridgehead atoms. The second-order valence-electron chi connectivity index (χ2n) is 5.81. The van der Waals surface area contributed by atoms with Crippen LogP contribution in [0.4, 0.5) is 0 Å². The van der Waals surface area contributed by atoms with Gasteiger partial charge in [0, 0.05) is 6.54 Å². The number of likely N-dealkylation sites (N-methyl/N-ethyl adjacent to an activating group) is 1. The Morgan fingerprint density at radius 1 is 1.50 bits per heavy atom. The predicted octanol–water partition coefficient (Wildman–Crippen LogP) is 1.15. The summed E-state index contributed by atoms with van der Waals surface area (Å²) >= 11 is 0. The van der Waals surface area contributed by atoms with E-state index in [0.717, 1.165) is 24.5 Å². The maximum Gasteiger partial charge on any atom is 0.161 e. The third kappa shape index (κ3) is 3.31. The number of hydrogen-bond acceptors (Lipinski definition) is 5. The van der Waals surface area contributed by atoms with Crippen LogP contribution in [0.15, 0.2) is 6.20 Å². The van der Waals surface area contributed by atoms with Gasteiger partial charge >= 0.3 is 0 Å². The molecular weight excluding hydrogens is 254 g/mol. The molecule has 20 heavy (non-hydrogen) atoms. The van der Waals surface area contributed by atoms with Crippen molar-refractivity contribution in [1.29, 1.82) is 0 Å². The van der Waals surface area contributed by atoms with Crippen molar-refractivity contribution >= 4 is 0 Å². The van der Waals surface area contributed by atoms with Gasteiger partial charge in [-0.2, -0.15) is 5.10 Å². The molecule has 1 heterocycles. The molecule has 0 spiro atoms. The first-order valence-electron chi connectivity index (χ1n) is 7.38. The van der Waals surface area contributed by atoms with Gasteiger partial charge in [0.25, 0.3) is 0 Å². The molecule has 1 unspecified atom stereocenters. The summed E-state index contributed by atoms with van der Waals surface area (Å²) in [4.78, 5) is 2.15. The molecule has 1 saturated carbocycles. The summed E-state index contributed by atoms with van der Waals surface area (Å²) in [6.07, 6.45) is 6.81. The van der Waals surface area contributed by atoms with Gasteiger partial charge in [0.15, 0.2) is 5.75 Å². The Morgan fingerprint density at radius 2 is 2.20 bits per heavy atom. The fourth-order valence-corrected chi connectivity index (χ4v) is 3.05. The van der Waals surface area contributed by atoms with Crippen molar-refractivity contribution in [3.8, 4) is 5.75 Å². The Bertz CT molecular complexity index is 412. The van der Waals surface area contributed by atoms with Crippen molar-refractivity contribution in [2.45, 2.75) is 38.3 Å². The van der Waals surface area contributed by atoms with Crippen LogP contribution in [0, 0.1) is 5.92 Å². The van der Waals surface area contributed by atoms with Crippen LogP contribution in [-0.4, -0.2) is 42.4 Å². The fraction of sp³-hybridized carbons (Fsp3) is 0.786. The van der Waals surface area contributed by atoms with Crippen molar-refractivity contribution in [1.82, 2.24) is 20.1 Å². The maximum atomic E-state index is 5.84. The minimum atomic E-state index is 0.122. The quantitative estimate of drug-likeness (QED) is 0.579. The lowest BCUT2D eigenvalue weighted by atomic mass is 9.95. The van der Waals surface area contributed by atoms with E-state index < -0.39 is 0 Å². The summed E-state index contributed by atoms with van der Waals surface area (Å²) < 4.78 is 7.51. The van der Waals surface area contributed by atoms with E-state index in [9.17, 15) is 0 Å². The molecule has 1 atom stereocenters. The molecule has 1 aromatic rings. The van der Waals surface area contributed by atoms with Crippen LogP contribution in [0.3, 0.4) is 0 Å². The van der Waals surface area contributed by atoms with E-state index in [1.165, 1.54) is 25.7 Å². The molecule has 1 aromatic heterocycles. The number of nitrogens with zero attached hydrogens (tertiary/aromatic N) is 3. The highest BCUT2D eigenvalue weighted by Gasteiger charge is 2.30. The lowest BCUT2D eigenvalue weighted by molar-refractivity contribution is 0.315. The number of aromatic nitrogens is 2. The normalized spacial score (nSPS) is 17.9. The highest BCUT2D eigenvalue weighted by atomic mass is 16.5. The van der Waals surface area contributed by atoms with Gasteiger partial charge in [0.1, 0.15) is 0 Å². The Balaban J connectivity index is 2.23. The average molecular weight is 281 g/mol. The second kappa shape index (κ2) is 7.06. The van der Waals surface area contributed by atoms with Crippen molar-refractivity contribution in [2.75, 3.05) is 27.7 Å². The lowest BCUT2D eigenvalue weighted by Gasteiger charge is -2.25. The number of methoxy groups -OCH3 is 1. The van der Waals surface area contributed by atoms with Gasteiger partial charge in [0.2, 0.25) is 0 Å². The zero-order valence-electron chi connectivity index (χ0n) is 12.8. The van der Waals surface area contributed by atoms with Crippen LogP contribution in [-0.2, 0) is 6.54 Å². The summed E-state index contributed by atoms with van der Waals surface area (Å²) in [6.45, 7) is 1.79. The summed E-state index contributed by atoms with van der Waals surface area (Å²) in [7, 11) is 5.82. The number of hydrogen-bond donors (Lipinski definition) is 2. The minimum absolute atomic E-state index is 0.122. The highest BCUT2D eigenvalue weighted by molar-refractivity contribution is 5.29. The summed E-state index contributed by atoms with van der Waals surface area (Å²) in [5.74, 6) is 7.24. The van der Waals surface area contributed by atoms with Gasteiger partial charge in [0.05, 0.1) is 31.6 Å². The van der Waals surface area contributed by atoms with E-state index in [1.54, 1.807) is 13.3 Å². The Labute approximate surface area is 121 Å². The summed E-state index contributed by atoms with van der Waals surface area (Å²) in [5, 5.41) is 4.47. The van der Waals surface area contributed by atoms with Crippen molar-refractivity contribution < 1.29 is 4.74 Å². The molecule has 1 aliphatic rings. The number of rotatable bonds is 7. The number of nitrogens with one attached hydrogen (secondary N) is 1. The molecule has 0 aromatic carbocycles.